The standard InChI is InChI=1S/C26H27N5O5/c1-17-3-5-19(6-4-17)16-36-24-12-9-20(13-25(24)35-2)22-14-23(29-28-22)26(32)30-27-15-18-7-10-21(11-8-18)31(33)34/h3-13,15,22-23,28-29H,14,16H2,1-2H3,(H,30,32)/b27-15+. The molecule has 1 amide bonds. The normalized spacial score (nSPS) is 17.2. The number of carbonyl (C=O) groups is 1. The Morgan fingerprint density at radius 2 is 1.86 bits per heavy atom. The summed E-state index contributed by atoms with van der Waals surface area (Å²) >= 11 is 0. The van der Waals surface area contributed by atoms with E-state index in [1.807, 2.05) is 49.4 Å². The van der Waals surface area contributed by atoms with Gasteiger partial charge in [0.2, 0.25) is 0 Å². The Labute approximate surface area is 208 Å². The minimum atomic E-state index is -0.493. The number of methoxy groups -OCH3 is 1. The first-order valence-electron chi connectivity index (χ1n) is 11.4. The number of benzene rings is 3. The molecule has 1 aliphatic rings. The molecular formula is C26H27N5O5. The Balaban J connectivity index is 1.31. The van der Waals surface area contributed by atoms with Gasteiger partial charge in [0.1, 0.15) is 12.6 Å². The van der Waals surface area contributed by atoms with Gasteiger partial charge in [-0.05, 0) is 54.3 Å². The summed E-state index contributed by atoms with van der Waals surface area (Å²) in [6.45, 7) is 2.48. The lowest BCUT2D eigenvalue weighted by Gasteiger charge is -2.15. The van der Waals surface area contributed by atoms with Crippen LogP contribution in [0.2, 0.25) is 0 Å². The molecule has 3 aromatic rings. The molecule has 2 atom stereocenters. The molecule has 0 aliphatic carbocycles. The van der Waals surface area contributed by atoms with Crippen LogP contribution in [0.4, 0.5) is 5.69 Å². The van der Waals surface area contributed by atoms with Crippen molar-refractivity contribution in [3.63, 3.8) is 0 Å². The maximum atomic E-state index is 12.5. The number of rotatable bonds is 9. The van der Waals surface area contributed by atoms with E-state index in [1.54, 1.807) is 19.2 Å². The van der Waals surface area contributed by atoms with Crippen LogP contribution in [0.3, 0.4) is 0 Å². The predicted molar refractivity (Wildman–Crippen MR) is 135 cm³/mol. The topological polar surface area (TPSA) is 127 Å². The number of nitro groups is 1. The molecule has 3 N–H and O–H groups in total. The summed E-state index contributed by atoms with van der Waals surface area (Å²) in [5.41, 5.74) is 12.5. The van der Waals surface area contributed by atoms with Crippen LogP contribution >= 0.6 is 0 Å². The molecule has 0 radical (unpaired) electrons. The van der Waals surface area contributed by atoms with Gasteiger partial charge in [-0.3, -0.25) is 14.9 Å². The summed E-state index contributed by atoms with van der Waals surface area (Å²) in [4.78, 5) is 22.8. The molecule has 0 bridgehead atoms. The minimum absolute atomic E-state index is 0.00838. The Hall–Kier alpha value is -4.28. The summed E-state index contributed by atoms with van der Waals surface area (Å²) in [7, 11) is 1.59. The number of nitrogens with one attached hydrogen (secondary N) is 3. The molecule has 1 fully saturated rings. The summed E-state index contributed by atoms with van der Waals surface area (Å²) in [6, 6.07) is 19.1. The summed E-state index contributed by atoms with van der Waals surface area (Å²) in [6.07, 6.45) is 1.94. The molecule has 1 aliphatic heterocycles. The van der Waals surface area contributed by atoms with Gasteiger partial charge in [-0.15, -0.1) is 0 Å². The Bertz CT molecular complexity index is 1240. The van der Waals surface area contributed by atoms with E-state index in [4.69, 9.17) is 9.47 Å². The first kappa shape index (κ1) is 24.8. The van der Waals surface area contributed by atoms with Gasteiger partial charge in [-0.1, -0.05) is 35.9 Å². The first-order valence-corrected chi connectivity index (χ1v) is 11.4. The maximum absolute atomic E-state index is 12.5. The van der Waals surface area contributed by atoms with Crippen molar-refractivity contribution in [3.8, 4) is 11.5 Å². The van der Waals surface area contributed by atoms with Crippen LogP contribution in [0, 0.1) is 17.0 Å². The van der Waals surface area contributed by atoms with E-state index >= 15 is 0 Å². The molecular weight excluding hydrogens is 462 g/mol. The van der Waals surface area contributed by atoms with Gasteiger partial charge in [0.25, 0.3) is 11.6 Å². The average Bonchev–Trinajstić information content (AvgIpc) is 3.39. The fraction of sp³-hybridized carbons (Fsp3) is 0.231. The SMILES string of the molecule is COc1cc(C2CC(C(=O)N/N=C/c3ccc([N+](=O)[O-])cc3)NN2)ccc1OCc1ccc(C)cc1. The van der Waals surface area contributed by atoms with Crippen LogP contribution < -0.4 is 25.8 Å². The zero-order valence-electron chi connectivity index (χ0n) is 19.9. The van der Waals surface area contributed by atoms with Crippen LogP contribution in [-0.2, 0) is 11.4 Å². The number of carbonyl (C=O) groups excluding carboxylic acids is 1. The van der Waals surface area contributed by atoms with Crippen LogP contribution in [-0.4, -0.2) is 30.2 Å². The van der Waals surface area contributed by atoms with Gasteiger partial charge < -0.3 is 9.47 Å². The smallest absolute Gasteiger partial charge is 0.269 e. The molecule has 1 saturated heterocycles. The molecule has 10 nitrogen and oxygen atoms in total. The fourth-order valence-electron chi connectivity index (χ4n) is 3.74. The highest BCUT2D eigenvalue weighted by Crippen LogP contribution is 2.33. The van der Waals surface area contributed by atoms with Crippen LogP contribution in [0.5, 0.6) is 11.5 Å². The zero-order valence-corrected chi connectivity index (χ0v) is 19.9. The van der Waals surface area contributed by atoms with E-state index in [9.17, 15) is 14.9 Å². The molecule has 0 spiro atoms. The Morgan fingerprint density at radius 3 is 2.56 bits per heavy atom. The summed E-state index contributed by atoms with van der Waals surface area (Å²) < 4.78 is 11.5. The van der Waals surface area contributed by atoms with Crippen molar-refractivity contribution in [1.82, 2.24) is 16.3 Å². The second-order valence-electron chi connectivity index (χ2n) is 8.40. The number of aryl methyl sites for hydroxylation is 1. The molecule has 186 valence electrons. The third kappa shape index (κ3) is 6.23. The fourth-order valence-corrected chi connectivity index (χ4v) is 3.74. The lowest BCUT2D eigenvalue weighted by atomic mass is 10.0. The van der Waals surface area contributed by atoms with Crippen molar-refractivity contribution in [3.05, 3.63) is 99.1 Å². The number of hydrazine groups is 1. The highest BCUT2D eigenvalue weighted by Gasteiger charge is 2.30. The number of amides is 1. The maximum Gasteiger partial charge on any atom is 0.269 e. The van der Waals surface area contributed by atoms with Crippen molar-refractivity contribution in [2.24, 2.45) is 5.10 Å². The van der Waals surface area contributed by atoms with Crippen molar-refractivity contribution in [1.29, 1.82) is 0 Å². The van der Waals surface area contributed by atoms with E-state index in [2.05, 4.69) is 21.4 Å². The molecule has 1 heterocycles. The molecule has 0 aromatic heterocycles. The van der Waals surface area contributed by atoms with Gasteiger partial charge in [0.05, 0.1) is 18.2 Å². The van der Waals surface area contributed by atoms with Crippen LogP contribution in [0.25, 0.3) is 0 Å². The molecule has 4 rings (SSSR count). The average molecular weight is 490 g/mol. The van der Waals surface area contributed by atoms with Gasteiger partial charge in [0.15, 0.2) is 11.5 Å². The number of hydrogen-bond donors (Lipinski definition) is 3. The zero-order chi connectivity index (χ0) is 25.5. The summed E-state index contributed by atoms with van der Waals surface area (Å²) in [5.74, 6) is 0.956. The van der Waals surface area contributed by atoms with Gasteiger partial charge in [0, 0.05) is 18.2 Å². The third-order valence-corrected chi connectivity index (χ3v) is 5.82. The monoisotopic (exact) mass is 489 g/mol. The number of ether oxygens (including phenoxy) is 2. The van der Waals surface area contributed by atoms with Gasteiger partial charge in [-0.2, -0.15) is 5.10 Å². The second-order valence-corrected chi connectivity index (χ2v) is 8.40. The van der Waals surface area contributed by atoms with Crippen LogP contribution in [0.15, 0.2) is 71.8 Å². The van der Waals surface area contributed by atoms with E-state index in [1.165, 1.54) is 23.9 Å². The van der Waals surface area contributed by atoms with Gasteiger partial charge >= 0.3 is 0 Å². The van der Waals surface area contributed by atoms with E-state index in [0.717, 1.165) is 11.1 Å². The highest BCUT2D eigenvalue weighted by atomic mass is 16.6. The number of non-ortho nitro benzene ring substituents is 1. The Morgan fingerprint density at radius 1 is 1.11 bits per heavy atom. The molecule has 0 saturated carbocycles. The second kappa shape index (κ2) is 11.4. The van der Waals surface area contributed by atoms with E-state index in [0.29, 0.717) is 30.1 Å². The number of nitro benzene ring substituents is 1. The molecule has 10 heteroatoms. The van der Waals surface area contributed by atoms with E-state index in [-0.39, 0.29) is 17.6 Å². The largest absolute Gasteiger partial charge is 0.493 e. The summed E-state index contributed by atoms with van der Waals surface area (Å²) in [5, 5.41) is 14.7. The number of nitrogens with zero attached hydrogens (tertiary/aromatic N) is 2. The third-order valence-electron chi connectivity index (χ3n) is 5.82. The van der Waals surface area contributed by atoms with Crippen molar-refractivity contribution >= 4 is 17.8 Å². The molecule has 36 heavy (non-hydrogen) atoms. The minimum Gasteiger partial charge on any atom is -0.493 e. The predicted octanol–water partition coefficient (Wildman–Crippen LogP) is 3.55. The van der Waals surface area contributed by atoms with Crippen molar-refractivity contribution < 1.29 is 19.2 Å². The lowest BCUT2D eigenvalue weighted by Crippen LogP contribution is -2.41. The lowest BCUT2D eigenvalue weighted by molar-refractivity contribution is -0.384. The van der Waals surface area contributed by atoms with Crippen molar-refractivity contribution in [2.45, 2.75) is 32.0 Å². The Kier molecular flexibility index (Phi) is 7.89. The molecule has 2 unspecified atom stereocenters. The van der Waals surface area contributed by atoms with E-state index < -0.39 is 11.0 Å². The molecule has 3 aromatic carbocycles. The van der Waals surface area contributed by atoms with Gasteiger partial charge in [-0.25, -0.2) is 16.3 Å². The highest BCUT2D eigenvalue weighted by molar-refractivity contribution is 5.85. The quantitative estimate of drug-likeness (QED) is 0.238. The number of hydrogen-bond acceptors (Lipinski definition) is 8. The van der Waals surface area contributed by atoms with Crippen LogP contribution in [0.1, 0.15) is 34.7 Å². The number of hydrazone groups is 1. The van der Waals surface area contributed by atoms with Crippen molar-refractivity contribution in [2.75, 3.05) is 7.11 Å². The first-order chi connectivity index (χ1) is 17.4.